The molecule has 0 radical (unpaired) electrons. The summed E-state index contributed by atoms with van der Waals surface area (Å²) in [6, 6.07) is 0. The molecule has 6 nitrogen and oxygen atoms in total. The molecule has 108 valence electrons. The van der Waals surface area contributed by atoms with E-state index in [1.54, 1.807) is 0 Å². The van der Waals surface area contributed by atoms with Crippen LogP contribution < -0.4 is 11.1 Å². The molecule has 0 atom stereocenters. The highest BCUT2D eigenvalue weighted by molar-refractivity contribution is 5.90. The lowest BCUT2D eigenvalue weighted by Crippen LogP contribution is -2.53. The Labute approximate surface area is 114 Å². The van der Waals surface area contributed by atoms with Gasteiger partial charge in [-0.05, 0) is 12.8 Å². The lowest BCUT2D eigenvalue weighted by molar-refractivity contribution is 0.0884. The summed E-state index contributed by atoms with van der Waals surface area (Å²) in [6.07, 6.45) is 1.56. The van der Waals surface area contributed by atoms with Gasteiger partial charge < -0.3 is 11.1 Å². The fourth-order valence-electron chi connectivity index (χ4n) is 1.76. The molecule has 0 saturated heterocycles. The third-order valence-electron chi connectivity index (χ3n) is 3.52. The van der Waals surface area contributed by atoms with E-state index < -0.39 is 0 Å². The predicted octanol–water partition coefficient (Wildman–Crippen LogP) is 1.35. The number of aromatic nitrogens is 3. The van der Waals surface area contributed by atoms with Crippen molar-refractivity contribution in [3.63, 3.8) is 0 Å². The highest BCUT2D eigenvalue weighted by Crippen LogP contribution is 2.18. The van der Waals surface area contributed by atoms with Crippen LogP contribution in [0.3, 0.4) is 0 Å². The van der Waals surface area contributed by atoms with Gasteiger partial charge in [0.15, 0.2) is 0 Å². The van der Waals surface area contributed by atoms with Gasteiger partial charge in [0.2, 0.25) is 5.82 Å². The molecule has 1 heterocycles. The second kappa shape index (κ2) is 5.69. The molecule has 4 N–H and O–H groups in total. The number of hydrogen-bond donors (Lipinski definition) is 3. The van der Waals surface area contributed by atoms with Gasteiger partial charge in [-0.25, -0.2) is 4.98 Å². The van der Waals surface area contributed by atoms with Crippen LogP contribution in [0.1, 0.15) is 63.9 Å². The number of nitrogens with zero attached hydrogens (tertiary/aromatic N) is 2. The molecule has 0 aliphatic heterocycles. The maximum absolute atomic E-state index is 12.2. The van der Waals surface area contributed by atoms with E-state index in [1.807, 2.05) is 34.6 Å². The second-order valence-electron chi connectivity index (χ2n) is 5.90. The molecule has 1 aromatic heterocycles. The zero-order valence-electron chi connectivity index (χ0n) is 12.5. The van der Waals surface area contributed by atoms with Gasteiger partial charge >= 0.3 is 0 Å². The maximum Gasteiger partial charge on any atom is 0.291 e. The number of carbonyl (C=O) groups excluding carboxylic acids is 1. The largest absolute Gasteiger partial charge is 0.343 e. The van der Waals surface area contributed by atoms with Gasteiger partial charge in [-0.15, -0.1) is 5.10 Å². The van der Waals surface area contributed by atoms with Crippen molar-refractivity contribution < 1.29 is 4.79 Å². The average Bonchev–Trinajstić information content (AvgIpc) is 2.85. The van der Waals surface area contributed by atoms with Crippen LogP contribution >= 0.6 is 0 Å². The van der Waals surface area contributed by atoms with Crippen molar-refractivity contribution in [1.29, 1.82) is 0 Å². The van der Waals surface area contributed by atoms with Crippen LogP contribution in [0.25, 0.3) is 0 Å². The Morgan fingerprint density at radius 1 is 1.32 bits per heavy atom. The molecule has 0 aliphatic rings. The molecule has 0 unspecified atom stereocenters. The van der Waals surface area contributed by atoms with Gasteiger partial charge in [0.05, 0.1) is 5.54 Å². The van der Waals surface area contributed by atoms with Crippen LogP contribution in [0.15, 0.2) is 0 Å². The highest BCUT2D eigenvalue weighted by Gasteiger charge is 2.29. The first kappa shape index (κ1) is 15.6. The Hall–Kier alpha value is -1.43. The quantitative estimate of drug-likeness (QED) is 0.750. The Bertz CT molecular complexity index is 420. The van der Waals surface area contributed by atoms with Crippen LogP contribution in [0.5, 0.6) is 0 Å². The Morgan fingerprint density at radius 2 is 1.89 bits per heavy atom. The summed E-state index contributed by atoms with van der Waals surface area (Å²) in [5.74, 6) is 0.592. The first-order valence-corrected chi connectivity index (χ1v) is 6.73. The predicted molar refractivity (Wildman–Crippen MR) is 74.9 cm³/mol. The second-order valence-corrected chi connectivity index (χ2v) is 5.90. The third kappa shape index (κ3) is 3.53. The smallest absolute Gasteiger partial charge is 0.291 e. The first-order valence-electron chi connectivity index (χ1n) is 6.73. The Balaban J connectivity index is 2.87. The van der Waals surface area contributed by atoms with Gasteiger partial charge in [-0.2, -0.15) is 0 Å². The number of H-pyrrole nitrogens is 1. The van der Waals surface area contributed by atoms with Gasteiger partial charge in [0.25, 0.3) is 5.91 Å². The van der Waals surface area contributed by atoms with Crippen molar-refractivity contribution in [3.05, 3.63) is 11.6 Å². The monoisotopic (exact) mass is 267 g/mol. The molecule has 1 aromatic rings. The van der Waals surface area contributed by atoms with Crippen LogP contribution in [0, 0.1) is 0 Å². The molecular weight excluding hydrogens is 242 g/mol. The zero-order chi connectivity index (χ0) is 14.7. The van der Waals surface area contributed by atoms with Crippen molar-refractivity contribution in [2.24, 2.45) is 5.73 Å². The van der Waals surface area contributed by atoms with Crippen LogP contribution in [-0.2, 0) is 5.41 Å². The van der Waals surface area contributed by atoms with Crippen molar-refractivity contribution in [3.8, 4) is 0 Å². The molecular formula is C13H25N5O. The van der Waals surface area contributed by atoms with Gasteiger partial charge in [-0.3, -0.25) is 9.89 Å². The maximum atomic E-state index is 12.2. The minimum Gasteiger partial charge on any atom is -0.343 e. The van der Waals surface area contributed by atoms with E-state index in [1.165, 1.54) is 0 Å². The summed E-state index contributed by atoms with van der Waals surface area (Å²) in [6.45, 7) is 10.5. The topological polar surface area (TPSA) is 96.7 Å². The lowest BCUT2D eigenvalue weighted by Gasteiger charge is -2.30. The van der Waals surface area contributed by atoms with Gasteiger partial charge in [0, 0.05) is 12.0 Å². The molecule has 0 saturated carbocycles. The van der Waals surface area contributed by atoms with Crippen molar-refractivity contribution >= 4 is 5.91 Å². The number of rotatable bonds is 5. The Kier molecular flexibility index (Phi) is 4.68. The van der Waals surface area contributed by atoms with E-state index >= 15 is 0 Å². The minimum absolute atomic E-state index is 0.161. The Morgan fingerprint density at radius 3 is 2.26 bits per heavy atom. The normalized spacial score (nSPS) is 12.5. The zero-order valence-corrected chi connectivity index (χ0v) is 12.5. The number of amides is 1. The third-order valence-corrected chi connectivity index (χ3v) is 3.52. The standard InChI is InChI=1S/C13H25N5O/c1-6-13(7-2,8-14)16-10(19)9-15-11(18-17-9)12(3,4)5/h6-8,14H2,1-5H3,(H,16,19)(H,15,17,18). The lowest BCUT2D eigenvalue weighted by atomic mass is 9.93. The van der Waals surface area contributed by atoms with E-state index in [9.17, 15) is 4.79 Å². The van der Waals surface area contributed by atoms with Crippen LogP contribution in [-0.4, -0.2) is 33.2 Å². The first-order chi connectivity index (χ1) is 8.78. The molecule has 0 aromatic carbocycles. The summed E-state index contributed by atoms with van der Waals surface area (Å²) in [5, 5.41) is 9.75. The number of nitrogens with one attached hydrogen (secondary N) is 2. The number of aromatic amines is 1. The van der Waals surface area contributed by atoms with E-state index in [4.69, 9.17) is 5.73 Å². The number of carbonyl (C=O) groups is 1. The molecule has 0 spiro atoms. The molecule has 0 fully saturated rings. The van der Waals surface area contributed by atoms with Crippen LogP contribution in [0.4, 0.5) is 0 Å². The molecule has 1 rings (SSSR count). The SMILES string of the molecule is CCC(CC)(CN)NC(=O)c1n[nH]c(C(C)(C)C)n1. The molecule has 1 amide bonds. The molecule has 19 heavy (non-hydrogen) atoms. The molecule has 0 bridgehead atoms. The molecule has 6 heteroatoms. The molecule has 0 aliphatic carbocycles. The van der Waals surface area contributed by atoms with E-state index in [0.29, 0.717) is 12.4 Å². The number of nitrogens with two attached hydrogens (primary N) is 1. The summed E-state index contributed by atoms with van der Waals surface area (Å²) >= 11 is 0. The number of hydrogen-bond acceptors (Lipinski definition) is 4. The fourth-order valence-corrected chi connectivity index (χ4v) is 1.76. The van der Waals surface area contributed by atoms with Gasteiger partial charge in [0.1, 0.15) is 5.82 Å². The fraction of sp³-hybridized carbons (Fsp3) is 0.769. The van der Waals surface area contributed by atoms with E-state index in [-0.39, 0.29) is 22.7 Å². The highest BCUT2D eigenvalue weighted by atomic mass is 16.2. The van der Waals surface area contributed by atoms with Crippen molar-refractivity contribution in [1.82, 2.24) is 20.5 Å². The van der Waals surface area contributed by atoms with Crippen molar-refractivity contribution in [2.75, 3.05) is 6.54 Å². The minimum atomic E-state index is -0.375. The summed E-state index contributed by atoms with van der Waals surface area (Å²) < 4.78 is 0. The van der Waals surface area contributed by atoms with Gasteiger partial charge in [-0.1, -0.05) is 34.6 Å². The summed E-state index contributed by atoms with van der Waals surface area (Å²) in [4.78, 5) is 16.4. The summed E-state index contributed by atoms with van der Waals surface area (Å²) in [5.41, 5.74) is 5.23. The van der Waals surface area contributed by atoms with Crippen molar-refractivity contribution in [2.45, 2.75) is 58.4 Å². The van der Waals surface area contributed by atoms with E-state index in [2.05, 4.69) is 20.5 Å². The average molecular weight is 267 g/mol. The summed E-state index contributed by atoms with van der Waals surface area (Å²) in [7, 11) is 0. The van der Waals surface area contributed by atoms with E-state index in [0.717, 1.165) is 12.8 Å². The van der Waals surface area contributed by atoms with Crippen LogP contribution in [0.2, 0.25) is 0 Å².